The Labute approximate surface area is 101 Å². The molecule has 0 saturated carbocycles. The largest absolute Gasteiger partial charge is 0.397 e. The Kier molecular flexibility index (Phi) is 9.54. The van der Waals surface area contributed by atoms with Crippen molar-refractivity contribution >= 4 is 29.3 Å². The number of rotatable bonds is 4. The SMILES string of the molecule is C=C(C)C(=O)OS.CCC(C)OS(=O)(=O)O. The lowest BCUT2D eigenvalue weighted by Crippen LogP contribution is -2.12. The molecule has 0 aromatic carbocycles. The Morgan fingerprint density at radius 1 is 1.56 bits per heavy atom. The van der Waals surface area contributed by atoms with E-state index in [0.717, 1.165) is 0 Å². The van der Waals surface area contributed by atoms with Crippen LogP contribution in [0.15, 0.2) is 12.2 Å². The molecule has 8 heteroatoms. The van der Waals surface area contributed by atoms with Crippen molar-refractivity contribution in [3.63, 3.8) is 0 Å². The van der Waals surface area contributed by atoms with Crippen LogP contribution in [0.1, 0.15) is 27.2 Å². The molecule has 96 valence electrons. The lowest BCUT2D eigenvalue weighted by molar-refractivity contribution is -0.128. The molecule has 1 atom stereocenters. The van der Waals surface area contributed by atoms with Crippen LogP contribution in [-0.2, 0) is 23.6 Å². The molecule has 1 N–H and O–H groups in total. The van der Waals surface area contributed by atoms with Gasteiger partial charge in [0.25, 0.3) is 0 Å². The molecule has 0 fully saturated rings. The monoisotopic (exact) mass is 272 g/mol. The van der Waals surface area contributed by atoms with Gasteiger partial charge in [0.2, 0.25) is 0 Å². The molecule has 6 nitrogen and oxygen atoms in total. The minimum Gasteiger partial charge on any atom is -0.391 e. The van der Waals surface area contributed by atoms with Gasteiger partial charge in [-0.05, 0) is 20.3 Å². The average Bonchev–Trinajstić information content (AvgIpc) is 2.14. The lowest BCUT2D eigenvalue weighted by atomic mass is 10.3. The van der Waals surface area contributed by atoms with E-state index in [1.165, 1.54) is 0 Å². The maximum absolute atomic E-state index is 10.1. The van der Waals surface area contributed by atoms with Crippen molar-refractivity contribution < 1.29 is 26.1 Å². The first-order valence-electron chi connectivity index (χ1n) is 4.31. The summed E-state index contributed by atoms with van der Waals surface area (Å²) in [4.78, 5) is 10.1. The Balaban J connectivity index is 0. The van der Waals surface area contributed by atoms with Gasteiger partial charge in [-0.15, -0.1) is 0 Å². The molecule has 0 aliphatic carbocycles. The molecule has 0 aliphatic rings. The lowest BCUT2D eigenvalue weighted by Gasteiger charge is -2.04. The number of hydrogen-bond acceptors (Lipinski definition) is 6. The molecule has 0 bridgehead atoms. The van der Waals surface area contributed by atoms with Gasteiger partial charge >= 0.3 is 16.4 Å². The molecule has 0 saturated heterocycles. The van der Waals surface area contributed by atoms with Gasteiger partial charge in [-0.1, -0.05) is 13.5 Å². The van der Waals surface area contributed by atoms with Crippen LogP contribution in [0.4, 0.5) is 0 Å². The Bertz CT molecular complexity index is 321. The third-order valence-electron chi connectivity index (χ3n) is 1.29. The van der Waals surface area contributed by atoms with Crippen molar-refractivity contribution in [3.8, 4) is 0 Å². The number of hydrogen-bond donors (Lipinski definition) is 2. The first-order chi connectivity index (χ1) is 7.14. The molecule has 0 heterocycles. The number of thiol groups is 1. The molecule has 16 heavy (non-hydrogen) atoms. The highest BCUT2D eigenvalue weighted by molar-refractivity contribution is 7.80. The molecule has 0 aliphatic heterocycles. The van der Waals surface area contributed by atoms with Gasteiger partial charge in [0.15, 0.2) is 0 Å². The first-order valence-corrected chi connectivity index (χ1v) is 6.04. The Hall–Kier alpha value is -0.570. The maximum atomic E-state index is 10.1. The van der Waals surface area contributed by atoms with E-state index in [4.69, 9.17) is 4.55 Å². The van der Waals surface area contributed by atoms with Gasteiger partial charge in [-0.2, -0.15) is 8.42 Å². The van der Waals surface area contributed by atoms with Crippen LogP contribution in [0.2, 0.25) is 0 Å². The van der Waals surface area contributed by atoms with E-state index in [0.29, 0.717) is 12.0 Å². The number of carbonyl (C=O) groups excluding carboxylic acids is 1. The Morgan fingerprint density at radius 2 is 2.00 bits per heavy atom. The van der Waals surface area contributed by atoms with Crippen LogP contribution in [0, 0.1) is 0 Å². The smallest absolute Gasteiger partial charge is 0.391 e. The van der Waals surface area contributed by atoms with Gasteiger partial charge in [-0.3, -0.25) is 4.55 Å². The van der Waals surface area contributed by atoms with E-state index in [9.17, 15) is 13.2 Å². The van der Waals surface area contributed by atoms with E-state index >= 15 is 0 Å². The third kappa shape index (κ3) is 13.4. The summed E-state index contributed by atoms with van der Waals surface area (Å²) in [5, 5.41) is 0. The van der Waals surface area contributed by atoms with Crippen molar-refractivity contribution in [1.82, 2.24) is 0 Å². The maximum Gasteiger partial charge on any atom is 0.397 e. The summed E-state index contributed by atoms with van der Waals surface area (Å²) in [7, 11) is -4.24. The second kappa shape index (κ2) is 8.57. The standard InChI is InChI=1S/C4H10O4S.C4H6O2S/c1-3-4(2)8-9(5,6)7;1-3(2)4(5)6-7/h4H,3H2,1-2H3,(H,5,6,7);7H,1H2,2H3. The van der Waals surface area contributed by atoms with Crippen molar-refractivity contribution in [1.29, 1.82) is 0 Å². The zero-order valence-corrected chi connectivity index (χ0v) is 11.0. The normalized spacial score (nSPS) is 12.1. The third-order valence-corrected chi connectivity index (χ3v) is 2.03. The molecule has 0 rings (SSSR count). The molecule has 0 aromatic rings. The van der Waals surface area contributed by atoms with Crippen molar-refractivity contribution in [3.05, 3.63) is 12.2 Å². The van der Waals surface area contributed by atoms with Gasteiger partial charge in [0.05, 0.1) is 6.10 Å². The summed E-state index contributed by atoms with van der Waals surface area (Å²) in [6.45, 7) is 8.18. The fourth-order valence-corrected chi connectivity index (χ4v) is 1.06. The summed E-state index contributed by atoms with van der Waals surface area (Å²) in [5.74, 6) is -0.483. The van der Waals surface area contributed by atoms with Crippen molar-refractivity contribution in [2.75, 3.05) is 0 Å². The molecular weight excluding hydrogens is 256 g/mol. The summed E-state index contributed by atoms with van der Waals surface area (Å²) in [6, 6.07) is 0. The zero-order valence-electron chi connectivity index (χ0n) is 9.34. The molecule has 0 amide bonds. The minimum atomic E-state index is -4.24. The molecule has 1 unspecified atom stereocenters. The second-order valence-electron chi connectivity index (χ2n) is 2.90. The van der Waals surface area contributed by atoms with E-state index in [2.05, 4.69) is 27.9 Å². The summed E-state index contributed by atoms with van der Waals surface area (Å²) >= 11 is 3.24. The molecule has 0 spiro atoms. The van der Waals surface area contributed by atoms with E-state index in [-0.39, 0.29) is 0 Å². The Morgan fingerprint density at radius 3 is 2.06 bits per heavy atom. The number of carbonyl (C=O) groups is 1. The fraction of sp³-hybridized carbons (Fsp3) is 0.625. The predicted octanol–water partition coefficient (Wildman–Crippen LogP) is 1.55. The first kappa shape index (κ1) is 17.8. The van der Waals surface area contributed by atoms with Crippen LogP contribution in [0.5, 0.6) is 0 Å². The van der Waals surface area contributed by atoms with E-state index < -0.39 is 22.5 Å². The van der Waals surface area contributed by atoms with Gasteiger partial charge in [-0.25, -0.2) is 8.98 Å². The van der Waals surface area contributed by atoms with Gasteiger partial charge in [0.1, 0.15) is 0 Å². The second-order valence-corrected chi connectivity index (χ2v) is 4.13. The van der Waals surface area contributed by atoms with Crippen LogP contribution < -0.4 is 0 Å². The van der Waals surface area contributed by atoms with E-state index in [1.54, 1.807) is 20.8 Å². The highest BCUT2D eigenvalue weighted by Gasteiger charge is 2.08. The van der Waals surface area contributed by atoms with Gasteiger partial charge < -0.3 is 4.18 Å². The zero-order chi connectivity index (χ0) is 13.4. The molecule has 0 aromatic heterocycles. The highest BCUT2D eigenvalue weighted by atomic mass is 32.3. The summed E-state index contributed by atoms with van der Waals surface area (Å²) < 4.78 is 36.0. The van der Waals surface area contributed by atoms with Crippen LogP contribution in [-0.4, -0.2) is 25.0 Å². The van der Waals surface area contributed by atoms with Crippen molar-refractivity contribution in [2.24, 2.45) is 0 Å². The predicted molar refractivity (Wildman–Crippen MR) is 62.3 cm³/mol. The minimum absolute atomic E-state index is 0.356. The molecular formula is C8H16O6S2. The summed E-state index contributed by atoms with van der Waals surface area (Å²) in [5.41, 5.74) is 0.356. The highest BCUT2D eigenvalue weighted by Crippen LogP contribution is 1.99. The quantitative estimate of drug-likeness (QED) is 0.349. The average molecular weight is 272 g/mol. The van der Waals surface area contributed by atoms with Crippen LogP contribution in [0.3, 0.4) is 0 Å². The topological polar surface area (TPSA) is 89.9 Å². The summed E-state index contributed by atoms with van der Waals surface area (Å²) in [6.07, 6.45) is 0.111. The van der Waals surface area contributed by atoms with Crippen LogP contribution in [0.25, 0.3) is 0 Å². The fourth-order valence-electron chi connectivity index (χ4n) is 0.354. The molecule has 0 radical (unpaired) electrons. The van der Waals surface area contributed by atoms with Crippen molar-refractivity contribution in [2.45, 2.75) is 33.3 Å². The van der Waals surface area contributed by atoms with Gasteiger partial charge in [0, 0.05) is 18.5 Å². The van der Waals surface area contributed by atoms with Crippen LogP contribution >= 0.6 is 12.9 Å². The van der Waals surface area contributed by atoms with E-state index in [1.807, 2.05) is 0 Å².